The van der Waals surface area contributed by atoms with E-state index in [9.17, 15) is 9.18 Å². The third-order valence-electron chi connectivity index (χ3n) is 2.73. The molecule has 0 N–H and O–H groups in total. The van der Waals surface area contributed by atoms with Crippen molar-refractivity contribution >= 4 is 5.91 Å². The quantitative estimate of drug-likeness (QED) is 0.691. The summed E-state index contributed by atoms with van der Waals surface area (Å²) in [5.41, 5.74) is 0.582. The fourth-order valence-electron chi connectivity index (χ4n) is 1.87. The molecule has 80 valence electrons. The van der Waals surface area contributed by atoms with E-state index in [4.69, 9.17) is 0 Å². The number of hydrogen-bond acceptors (Lipinski definition) is 1. The van der Waals surface area contributed by atoms with E-state index >= 15 is 0 Å². The van der Waals surface area contributed by atoms with Crippen molar-refractivity contribution in [3.63, 3.8) is 0 Å². The van der Waals surface area contributed by atoms with Gasteiger partial charge in [0.1, 0.15) is 5.82 Å². The number of rotatable bonds is 1. The van der Waals surface area contributed by atoms with E-state index in [0.29, 0.717) is 5.56 Å². The van der Waals surface area contributed by atoms with Gasteiger partial charge in [0.15, 0.2) is 0 Å². The van der Waals surface area contributed by atoms with E-state index in [1.165, 1.54) is 18.6 Å². The normalized spacial score (nSPS) is 16.5. The SMILES string of the molecule is O=C(c1ccc([18F])cc1)N1CCCCC1. The van der Waals surface area contributed by atoms with Crippen molar-refractivity contribution in [2.75, 3.05) is 13.1 Å². The highest BCUT2D eigenvalue weighted by molar-refractivity contribution is 5.94. The van der Waals surface area contributed by atoms with Crippen LogP contribution in [-0.4, -0.2) is 23.9 Å². The maximum absolute atomic E-state index is 12.7. The molecule has 0 aliphatic carbocycles. The van der Waals surface area contributed by atoms with Gasteiger partial charge in [0.2, 0.25) is 0 Å². The third-order valence-corrected chi connectivity index (χ3v) is 2.73. The Bertz CT molecular complexity index is 341. The topological polar surface area (TPSA) is 20.3 Å². The molecule has 1 fully saturated rings. The van der Waals surface area contributed by atoms with Gasteiger partial charge < -0.3 is 4.90 Å². The van der Waals surface area contributed by atoms with Gasteiger partial charge in [0, 0.05) is 18.7 Å². The molecule has 2 nitrogen and oxygen atoms in total. The highest BCUT2D eigenvalue weighted by Crippen LogP contribution is 2.13. The Labute approximate surface area is 88.7 Å². The van der Waals surface area contributed by atoms with Crippen LogP contribution >= 0.6 is 0 Å². The fraction of sp³-hybridized carbons (Fsp3) is 0.417. The van der Waals surface area contributed by atoms with Gasteiger partial charge in [-0.3, -0.25) is 4.79 Å². The second-order valence-corrected chi connectivity index (χ2v) is 3.86. The van der Waals surface area contributed by atoms with Gasteiger partial charge in [0.05, 0.1) is 0 Å². The number of likely N-dealkylation sites (tertiary alicyclic amines) is 1. The van der Waals surface area contributed by atoms with Gasteiger partial charge in [-0.05, 0) is 43.5 Å². The molecule has 1 aromatic carbocycles. The second-order valence-electron chi connectivity index (χ2n) is 3.86. The Morgan fingerprint density at radius 1 is 1.07 bits per heavy atom. The molecule has 1 amide bonds. The van der Waals surface area contributed by atoms with Gasteiger partial charge in [-0.15, -0.1) is 0 Å². The Hall–Kier alpha value is -1.38. The average Bonchev–Trinajstić information content (AvgIpc) is 2.30. The van der Waals surface area contributed by atoms with E-state index in [2.05, 4.69) is 0 Å². The van der Waals surface area contributed by atoms with E-state index in [1.54, 1.807) is 12.1 Å². The molecule has 0 saturated carbocycles. The number of carbonyl (C=O) groups is 1. The first kappa shape index (κ1) is 10.1. The highest BCUT2D eigenvalue weighted by atomic mass is 18.2. The van der Waals surface area contributed by atoms with E-state index in [-0.39, 0.29) is 11.7 Å². The summed E-state index contributed by atoms with van der Waals surface area (Å²) in [5.74, 6) is -0.278. The van der Waals surface area contributed by atoms with Crippen molar-refractivity contribution in [2.24, 2.45) is 0 Å². The van der Waals surface area contributed by atoms with Gasteiger partial charge >= 0.3 is 0 Å². The summed E-state index contributed by atoms with van der Waals surface area (Å²) < 4.78 is 12.7. The number of benzene rings is 1. The van der Waals surface area contributed by atoms with Crippen molar-refractivity contribution in [1.82, 2.24) is 4.90 Å². The first-order valence-electron chi connectivity index (χ1n) is 5.32. The molecule has 1 aromatic rings. The highest BCUT2D eigenvalue weighted by Gasteiger charge is 2.17. The molecular formula is C12H14FNO. The second kappa shape index (κ2) is 4.43. The Morgan fingerprint density at radius 2 is 1.67 bits per heavy atom. The van der Waals surface area contributed by atoms with E-state index in [1.807, 2.05) is 4.90 Å². The standard InChI is InChI=1S/C12H14FNO/c13-11-6-4-10(5-7-11)12(15)14-8-2-1-3-9-14/h4-7H,1-3,8-9H2/i13-1. The molecule has 1 heterocycles. The Balaban J connectivity index is 2.09. The molecule has 0 radical (unpaired) electrons. The molecule has 2 rings (SSSR count). The van der Waals surface area contributed by atoms with Crippen molar-refractivity contribution in [3.8, 4) is 0 Å². The summed E-state index contributed by atoms with van der Waals surface area (Å²) in [6.07, 6.45) is 3.35. The van der Waals surface area contributed by atoms with Crippen LogP contribution in [0.5, 0.6) is 0 Å². The maximum Gasteiger partial charge on any atom is 0.253 e. The van der Waals surface area contributed by atoms with E-state index < -0.39 is 0 Å². The van der Waals surface area contributed by atoms with Gasteiger partial charge in [-0.25, -0.2) is 4.39 Å². The van der Waals surface area contributed by atoms with Gasteiger partial charge in [-0.2, -0.15) is 0 Å². The molecule has 1 aliphatic rings. The number of nitrogens with zero attached hydrogens (tertiary/aromatic N) is 1. The van der Waals surface area contributed by atoms with Crippen LogP contribution < -0.4 is 0 Å². The van der Waals surface area contributed by atoms with E-state index in [0.717, 1.165) is 25.9 Å². The zero-order valence-electron chi connectivity index (χ0n) is 8.58. The van der Waals surface area contributed by atoms with Crippen molar-refractivity contribution < 1.29 is 9.18 Å². The number of amides is 1. The largest absolute Gasteiger partial charge is 0.339 e. The minimum Gasteiger partial charge on any atom is -0.339 e. The molecule has 0 atom stereocenters. The predicted octanol–water partition coefficient (Wildman–Crippen LogP) is 2.45. The lowest BCUT2D eigenvalue weighted by atomic mass is 10.1. The van der Waals surface area contributed by atoms with Crippen LogP contribution in [0.4, 0.5) is 4.39 Å². The Morgan fingerprint density at radius 3 is 2.27 bits per heavy atom. The monoisotopic (exact) mass is 206 g/mol. The van der Waals surface area contributed by atoms with Crippen LogP contribution in [0.3, 0.4) is 0 Å². The first-order valence-corrected chi connectivity index (χ1v) is 5.32. The van der Waals surface area contributed by atoms with Crippen LogP contribution in [0.1, 0.15) is 29.6 Å². The Kier molecular flexibility index (Phi) is 2.99. The van der Waals surface area contributed by atoms with Crippen molar-refractivity contribution in [3.05, 3.63) is 35.6 Å². The smallest absolute Gasteiger partial charge is 0.253 e. The molecule has 0 unspecified atom stereocenters. The summed E-state index contributed by atoms with van der Waals surface area (Å²) >= 11 is 0. The van der Waals surface area contributed by atoms with Crippen LogP contribution in [0.25, 0.3) is 0 Å². The van der Waals surface area contributed by atoms with Crippen molar-refractivity contribution in [1.29, 1.82) is 0 Å². The van der Waals surface area contributed by atoms with Gasteiger partial charge in [-0.1, -0.05) is 0 Å². The summed E-state index contributed by atoms with van der Waals surface area (Å²) in [4.78, 5) is 13.8. The van der Waals surface area contributed by atoms with Crippen LogP contribution in [-0.2, 0) is 0 Å². The molecular weight excluding hydrogens is 192 g/mol. The minimum absolute atomic E-state index is 0.0229. The van der Waals surface area contributed by atoms with Gasteiger partial charge in [0.25, 0.3) is 5.91 Å². The average molecular weight is 206 g/mol. The molecule has 1 saturated heterocycles. The number of piperidine rings is 1. The zero-order valence-corrected chi connectivity index (χ0v) is 8.58. The van der Waals surface area contributed by atoms with Crippen molar-refractivity contribution in [2.45, 2.75) is 19.3 Å². The summed E-state index contributed by atoms with van der Waals surface area (Å²) in [7, 11) is 0. The molecule has 0 aromatic heterocycles. The zero-order chi connectivity index (χ0) is 10.7. The number of hydrogen-bond donors (Lipinski definition) is 0. The summed E-state index contributed by atoms with van der Waals surface area (Å²) in [5, 5.41) is 0. The fourth-order valence-corrected chi connectivity index (χ4v) is 1.87. The lowest BCUT2D eigenvalue weighted by molar-refractivity contribution is 0.0724. The first-order chi connectivity index (χ1) is 7.27. The maximum atomic E-state index is 12.7. The lowest BCUT2D eigenvalue weighted by Crippen LogP contribution is -2.35. The lowest BCUT2D eigenvalue weighted by Gasteiger charge is -2.26. The number of halogens is 1. The van der Waals surface area contributed by atoms with Crippen LogP contribution in [0.2, 0.25) is 0 Å². The predicted molar refractivity (Wildman–Crippen MR) is 56.2 cm³/mol. The molecule has 15 heavy (non-hydrogen) atoms. The summed E-state index contributed by atoms with van der Waals surface area (Å²) in [6, 6.07) is 5.76. The van der Waals surface area contributed by atoms with Crippen LogP contribution in [0.15, 0.2) is 24.3 Å². The minimum atomic E-state index is -0.301. The number of carbonyl (C=O) groups excluding carboxylic acids is 1. The molecule has 0 bridgehead atoms. The van der Waals surface area contributed by atoms with Crippen LogP contribution in [0, 0.1) is 5.82 Å². The third kappa shape index (κ3) is 2.35. The molecule has 3 heteroatoms. The molecule has 1 aliphatic heterocycles. The molecule has 0 spiro atoms. The summed E-state index contributed by atoms with van der Waals surface area (Å²) in [6.45, 7) is 1.66.